The van der Waals surface area contributed by atoms with E-state index in [2.05, 4.69) is 36.3 Å². The van der Waals surface area contributed by atoms with Crippen molar-refractivity contribution < 1.29 is 4.74 Å². The van der Waals surface area contributed by atoms with Crippen molar-refractivity contribution in [2.75, 3.05) is 20.7 Å². The highest BCUT2D eigenvalue weighted by Crippen LogP contribution is 2.13. The third-order valence-electron chi connectivity index (χ3n) is 1.91. The van der Waals surface area contributed by atoms with Crippen molar-refractivity contribution in [3.05, 3.63) is 35.8 Å². The first-order valence-corrected chi connectivity index (χ1v) is 4.59. The SMILES string of the molecule is CC/C=C/C1=CN(C)CC(OC)=C1. The summed E-state index contributed by atoms with van der Waals surface area (Å²) >= 11 is 0. The van der Waals surface area contributed by atoms with Crippen LogP contribution in [0.25, 0.3) is 0 Å². The Morgan fingerprint density at radius 3 is 3.00 bits per heavy atom. The van der Waals surface area contributed by atoms with Crippen molar-refractivity contribution in [2.45, 2.75) is 13.3 Å². The van der Waals surface area contributed by atoms with Gasteiger partial charge in [-0.1, -0.05) is 19.1 Å². The van der Waals surface area contributed by atoms with Crippen LogP contribution >= 0.6 is 0 Å². The highest BCUT2D eigenvalue weighted by atomic mass is 16.5. The molecule has 0 amide bonds. The number of methoxy groups -OCH3 is 1. The van der Waals surface area contributed by atoms with E-state index >= 15 is 0 Å². The quantitative estimate of drug-likeness (QED) is 0.659. The van der Waals surface area contributed by atoms with Crippen molar-refractivity contribution in [2.24, 2.45) is 0 Å². The summed E-state index contributed by atoms with van der Waals surface area (Å²) in [6.45, 7) is 2.99. The van der Waals surface area contributed by atoms with Gasteiger partial charge in [0, 0.05) is 13.2 Å². The summed E-state index contributed by atoms with van der Waals surface area (Å²) in [6, 6.07) is 0. The second-order valence-corrected chi connectivity index (χ2v) is 3.17. The lowest BCUT2D eigenvalue weighted by Gasteiger charge is -2.21. The molecule has 0 fully saturated rings. The van der Waals surface area contributed by atoms with Crippen molar-refractivity contribution in [1.82, 2.24) is 4.90 Å². The number of nitrogens with zero attached hydrogens (tertiary/aromatic N) is 1. The molecule has 72 valence electrons. The summed E-state index contributed by atoms with van der Waals surface area (Å²) in [5, 5.41) is 0. The van der Waals surface area contributed by atoms with E-state index in [1.54, 1.807) is 7.11 Å². The first-order chi connectivity index (χ1) is 6.26. The first-order valence-electron chi connectivity index (χ1n) is 4.59. The molecule has 0 spiro atoms. The number of ether oxygens (including phenoxy) is 1. The average Bonchev–Trinajstić information content (AvgIpc) is 2.14. The standard InChI is InChI=1S/C11H17NO/c1-4-5-6-10-7-11(13-3)9-12(2)8-10/h5-8H,4,9H2,1-3H3/b6-5+. The molecular formula is C11H17NO. The molecule has 1 aliphatic rings. The number of allylic oxidation sites excluding steroid dienone is 4. The van der Waals surface area contributed by atoms with Crippen molar-refractivity contribution in [1.29, 1.82) is 0 Å². The molecular weight excluding hydrogens is 162 g/mol. The number of rotatable bonds is 3. The van der Waals surface area contributed by atoms with Crippen LogP contribution < -0.4 is 0 Å². The maximum absolute atomic E-state index is 5.22. The van der Waals surface area contributed by atoms with E-state index in [4.69, 9.17) is 4.74 Å². The minimum Gasteiger partial charge on any atom is -0.499 e. The first kappa shape index (κ1) is 9.90. The van der Waals surface area contributed by atoms with Crippen LogP contribution in [0, 0.1) is 0 Å². The van der Waals surface area contributed by atoms with Gasteiger partial charge in [-0.15, -0.1) is 0 Å². The van der Waals surface area contributed by atoms with Crippen LogP contribution in [0.1, 0.15) is 13.3 Å². The molecule has 0 atom stereocenters. The predicted molar refractivity (Wildman–Crippen MR) is 55.2 cm³/mol. The Morgan fingerprint density at radius 1 is 1.62 bits per heavy atom. The van der Waals surface area contributed by atoms with E-state index in [1.165, 1.54) is 5.57 Å². The van der Waals surface area contributed by atoms with E-state index in [-0.39, 0.29) is 0 Å². The minimum atomic E-state index is 0.861. The zero-order chi connectivity index (χ0) is 9.68. The third-order valence-corrected chi connectivity index (χ3v) is 1.91. The van der Waals surface area contributed by atoms with E-state index in [9.17, 15) is 0 Å². The molecule has 1 aliphatic heterocycles. The third kappa shape index (κ3) is 2.98. The monoisotopic (exact) mass is 179 g/mol. The smallest absolute Gasteiger partial charge is 0.115 e. The van der Waals surface area contributed by atoms with Gasteiger partial charge in [0.2, 0.25) is 0 Å². The zero-order valence-electron chi connectivity index (χ0n) is 8.58. The largest absolute Gasteiger partial charge is 0.499 e. The van der Waals surface area contributed by atoms with Gasteiger partial charge < -0.3 is 9.64 Å². The molecule has 13 heavy (non-hydrogen) atoms. The van der Waals surface area contributed by atoms with Crippen LogP contribution in [0.3, 0.4) is 0 Å². The van der Waals surface area contributed by atoms with Crippen LogP contribution in [0.2, 0.25) is 0 Å². The molecule has 0 aliphatic carbocycles. The van der Waals surface area contributed by atoms with Crippen LogP contribution in [-0.2, 0) is 4.74 Å². The van der Waals surface area contributed by atoms with E-state index in [0.717, 1.165) is 18.7 Å². The maximum atomic E-state index is 5.22. The van der Waals surface area contributed by atoms with Crippen molar-refractivity contribution >= 4 is 0 Å². The second-order valence-electron chi connectivity index (χ2n) is 3.17. The molecule has 2 nitrogen and oxygen atoms in total. The van der Waals surface area contributed by atoms with Gasteiger partial charge in [-0.3, -0.25) is 0 Å². The molecule has 0 N–H and O–H groups in total. The van der Waals surface area contributed by atoms with Gasteiger partial charge in [0.25, 0.3) is 0 Å². The molecule has 1 rings (SSSR count). The number of hydrogen-bond acceptors (Lipinski definition) is 2. The second kappa shape index (κ2) is 4.75. The number of hydrogen-bond donors (Lipinski definition) is 0. The fraction of sp³-hybridized carbons (Fsp3) is 0.455. The fourth-order valence-electron chi connectivity index (χ4n) is 1.28. The summed E-state index contributed by atoms with van der Waals surface area (Å²) < 4.78 is 5.22. The fourth-order valence-corrected chi connectivity index (χ4v) is 1.28. The summed E-state index contributed by atoms with van der Waals surface area (Å²) in [4.78, 5) is 2.12. The van der Waals surface area contributed by atoms with E-state index in [1.807, 2.05) is 7.05 Å². The van der Waals surface area contributed by atoms with Gasteiger partial charge in [-0.05, 0) is 18.1 Å². The lowest BCUT2D eigenvalue weighted by molar-refractivity contribution is 0.253. The van der Waals surface area contributed by atoms with Gasteiger partial charge in [0.05, 0.1) is 13.7 Å². The predicted octanol–water partition coefficient (Wildman–Crippen LogP) is 2.31. The highest BCUT2D eigenvalue weighted by Gasteiger charge is 2.06. The highest BCUT2D eigenvalue weighted by molar-refractivity contribution is 5.34. The molecule has 0 aromatic heterocycles. The molecule has 0 aromatic rings. The maximum Gasteiger partial charge on any atom is 0.115 e. The Bertz CT molecular complexity index is 251. The minimum absolute atomic E-state index is 0.861. The topological polar surface area (TPSA) is 12.5 Å². The Balaban J connectivity index is 2.72. The summed E-state index contributed by atoms with van der Waals surface area (Å²) in [5.74, 6) is 1.01. The van der Waals surface area contributed by atoms with Gasteiger partial charge in [0.15, 0.2) is 0 Å². The molecule has 0 unspecified atom stereocenters. The van der Waals surface area contributed by atoms with Crippen LogP contribution in [0.5, 0.6) is 0 Å². The average molecular weight is 179 g/mol. The van der Waals surface area contributed by atoms with Crippen LogP contribution in [0.4, 0.5) is 0 Å². The Morgan fingerprint density at radius 2 is 2.38 bits per heavy atom. The normalized spacial score (nSPS) is 17.3. The van der Waals surface area contributed by atoms with Gasteiger partial charge in [-0.25, -0.2) is 0 Å². The van der Waals surface area contributed by atoms with E-state index < -0.39 is 0 Å². The summed E-state index contributed by atoms with van der Waals surface area (Å²) in [5.41, 5.74) is 1.20. The molecule has 0 saturated heterocycles. The summed E-state index contributed by atoms with van der Waals surface area (Å²) in [7, 11) is 3.76. The lowest BCUT2D eigenvalue weighted by atomic mass is 10.1. The Hall–Kier alpha value is -1.18. The molecule has 0 bridgehead atoms. The van der Waals surface area contributed by atoms with Gasteiger partial charge in [0.1, 0.15) is 5.76 Å². The molecule has 1 heterocycles. The molecule has 0 radical (unpaired) electrons. The van der Waals surface area contributed by atoms with E-state index in [0.29, 0.717) is 0 Å². The van der Waals surface area contributed by atoms with Crippen LogP contribution in [-0.4, -0.2) is 25.6 Å². The molecule has 2 heteroatoms. The van der Waals surface area contributed by atoms with Crippen molar-refractivity contribution in [3.8, 4) is 0 Å². The summed E-state index contributed by atoms with van der Waals surface area (Å²) in [6.07, 6.45) is 9.53. The molecule has 0 saturated carbocycles. The van der Waals surface area contributed by atoms with Gasteiger partial charge >= 0.3 is 0 Å². The Kier molecular flexibility index (Phi) is 3.62. The zero-order valence-corrected chi connectivity index (χ0v) is 8.58. The Labute approximate surface area is 80.2 Å². The lowest BCUT2D eigenvalue weighted by Crippen LogP contribution is -2.19. The molecule has 0 aromatic carbocycles. The van der Waals surface area contributed by atoms with Gasteiger partial charge in [-0.2, -0.15) is 0 Å². The number of likely N-dealkylation sites (N-methyl/N-ethyl adjacent to an activating group) is 1. The van der Waals surface area contributed by atoms with Crippen molar-refractivity contribution in [3.63, 3.8) is 0 Å². The van der Waals surface area contributed by atoms with Crippen LogP contribution in [0.15, 0.2) is 35.8 Å².